The van der Waals surface area contributed by atoms with E-state index in [0.717, 1.165) is 12.2 Å². The van der Waals surface area contributed by atoms with Gasteiger partial charge in [-0.15, -0.1) is 0 Å². The molecule has 1 unspecified atom stereocenters. The lowest BCUT2D eigenvalue weighted by molar-refractivity contribution is -0.119. The average molecular weight is 249 g/mol. The number of aromatic nitrogens is 1. The fourth-order valence-corrected chi connectivity index (χ4v) is 2.00. The largest absolute Gasteiger partial charge is 0.368 e. The predicted molar refractivity (Wildman–Crippen MR) is 66.0 cm³/mol. The molecular weight excluding hydrogens is 234 g/mol. The van der Waals surface area contributed by atoms with E-state index in [1.54, 1.807) is 12.1 Å². The first kappa shape index (κ1) is 12.3. The fourth-order valence-electron chi connectivity index (χ4n) is 2.00. The lowest BCUT2D eigenvalue weighted by atomic mass is 10.1. The Morgan fingerprint density at radius 1 is 1.44 bits per heavy atom. The Bertz CT molecular complexity index is 476. The van der Waals surface area contributed by atoms with E-state index in [2.05, 4.69) is 10.3 Å². The molecule has 0 bridgehead atoms. The van der Waals surface area contributed by atoms with E-state index in [1.807, 2.05) is 4.90 Å². The monoisotopic (exact) mass is 249 g/mol. The van der Waals surface area contributed by atoms with Gasteiger partial charge in [0.15, 0.2) is 0 Å². The summed E-state index contributed by atoms with van der Waals surface area (Å²) >= 11 is 0. The van der Waals surface area contributed by atoms with Crippen LogP contribution in [0.2, 0.25) is 0 Å². The molecule has 1 aliphatic rings. The maximum Gasteiger partial charge on any atom is 0.267 e. The van der Waals surface area contributed by atoms with Gasteiger partial charge in [-0.2, -0.15) is 0 Å². The van der Waals surface area contributed by atoms with Gasteiger partial charge in [0.25, 0.3) is 5.91 Å². The highest BCUT2D eigenvalue weighted by molar-refractivity contribution is 5.92. The van der Waals surface area contributed by atoms with Crippen molar-refractivity contribution in [1.82, 2.24) is 10.3 Å². The minimum atomic E-state index is -0.595. The summed E-state index contributed by atoms with van der Waals surface area (Å²) in [5, 5.41) is 3.10. The van der Waals surface area contributed by atoms with Crippen LogP contribution < -0.4 is 21.7 Å². The molecule has 0 aliphatic carbocycles. The minimum Gasteiger partial charge on any atom is -0.368 e. The van der Waals surface area contributed by atoms with Gasteiger partial charge in [0.2, 0.25) is 5.91 Å². The molecule has 1 aromatic rings. The normalized spacial score (nSPS) is 19.6. The maximum absolute atomic E-state index is 11.4. The van der Waals surface area contributed by atoms with Gasteiger partial charge in [-0.3, -0.25) is 14.6 Å². The van der Waals surface area contributed by atoms with Gasteiger partial charge in [0.1, 0.15) is 11.7 Å². The third-order valence-corrected chi connectivity index (χ3v) is 2.90. The standard InChI is InChI=1S/C11H15N5O2/c12-10(17)8-5-7(1-2-15-8)16-4-3-14-6-9(16)11(13)18/h1-2,5,9,14H,3-4,6H2,(H2,12,17)(H2,13,18). The highest BCUT2D eigenvalue weighted by Gasteiger charge is 2.27. The Morgan fingerprint density at radius 3 is 2.89 bits per heavy atom. The molecule has 7 nitrogen and oxygen atoms in total. The Hall–Kier alpha value is -2.15. The second kappa shape index (κ2) is 5.01. The number of piperazine rings is 1. The molecule has 0 spiro atoms. The van der Waals surface area contributed by atoms with E-state index in [0.29, 0.717) is 13.1 Å². The lowest BCUT2D eigenvalue weighted by Crippen LogP contribution is -2.57. The average Bonchev–Trinajstić information content (AvgIpc) is 2.39. The number of nitrogens with one attached hydrogen (secondary N) is 1. The van der Waals surface area contributed by atoms with Crippen molar-refractivity contribution in [3.05, 3.63) is 24.0 Å². The molecule has 0 aromatic carbocycles. The lowest BCUT2D eigenvalue weighted by Gasteiger charge is -2.36. The zero-order chi connectivity index (χ0) is 13.1. The van der Waals surface area contributed by atoms with Crippen molar-refractivity contribution in [3.63, 3.8) is 0 Å². The van der Waals surface area contributed by atoms with Crippen LogP contribution in [0.3, 0.4) is 0 Å². The molecule has 5 N–H and O–H groups in total. The van der Waals surface area contributed by atoms with E-state index in [9.17, 15) is 9.59 Å². The molecule has 0 saturated carbocycles. The minimum absolute atomic E-state index is 0.175. The number of rotatable bonds is 3. The van der Waals surface area contributed by atoms with Crippen LogP contribution >= 0.6 is 0 Å². The molecule has 2 heterocycles. The summed E-state index contributed by atoms with van der Waals surface area (Å²) in [6.07, 6.45) is 1.50. The second-order valence-corrected chi connectivity index (χ2v) is 4.08. The topological polar surface area (TPSA) is 114 Å². The highest BCUT2D eigenvalue weighted by atomic mass is 16.1. The summed E-state index contributed by atoms with van der Waals surface area (Å²) in [4.78, 5) is 28.2. The van der Waals surface area contributed by atoms with Gasteiger partial charge in [-0.1, -0.05) is 0 Å². The molecule has 1 aromatic heterocycles. The van der Waals surface area contributed by atoms with Crippen LogP contribution in [0, 0.1) is 0 Å². The van der Waals surface area contributed by atoms with Crippen molar-refractivity contribution in [2.75, 3.05) is 24.5 Å². The summed E-state index contributed by atoms with van der Waals surface area (Å²) in [6, 6.07) is 2.87. The molecule has 18 heavy (non-hydrogen) atoms. The number of amides is 2. The number of carbonyl (C=O) groups excluding carboxylic acids is 2. The third kappa shape index (κ3) is 2.40. The van der Waals surface area contributed by atoms with Gasteiger partial charge in [0.05, 0.1) is 0 Å². The maximum atomic E-state index is 11.4. The van der Waals surface area contributed by atoms with E-state index in [-0.39, 0.29) is 5.69 Å². The van der Waals surface area contributed by atoms with Gasteiger partial charge in [-0.05, 0) is 12.1 Å². The molecular formula is C11H15N5O2. The van der Waals surface area contributed by atoms with Gasteiger partial charge >= 0.3 is 0 Å². The molecule has 96 valence electrons. The number of carbonyl (C=O) groups is 2. The number of nitrogens with two attached hydrogens (primary N) is 2. The fraction of sp³-hybridized carbons (Fsp3) is 0.364. The SMILES string of the molecule is NC(=O)c1cc(N2CCNCC2C(N)=O)ccn1. The smallest absolute Gasteiger partial charge is 0.267 e. The number of pyridine rings is 1. The third-order valence-electron chi connectivity index (χ3n) is 2.90. The molecule has 1 saturated heterocycles. The first-order valence-electron chi connectivity index (χ1n) is 5.62. The van der Waals surface area contributed by atoms with E-state index in [4.69, 9.17) is 11.5 Å². The van der Waals surface area contributed by atoms with Crippen molar-refractivity contribution in [1.29, 1.82) is 0 Å². The molecule has 0 radical (unpaired) electrons. The quantitative estimate of drug-likeness (QED) is 0.599. The highest BCUT2D eigenvalue weighted by Crippen LogP contribution is 2.18. The first-order valence-corrected chi connectivity index (χ1v) is 5.62. The molecule has 1 fully saturated rings. The van der Waals surface area contributed by atoms with Gasteiger partial charge in [0, 0.05) is 31.5 Å². The first-order chi connectivity index (χ1) is 8.59. The summed E-state index contributed by atoms with van der Waals surface area (Å²) in [5.41, 5.74) is 11.4. The van der Waals surface area contributed by atoms with Crippen LogP contribution in [-0.4, -0.2) is 42.5 Å². The molecule has 2 rings (SSSR count). The summed E-state index contributed by atoms with van der Waals surface area (Å²) < 4.78 is 0. The van der Waals surface area contributed by atoms with Crippen LogP contribution in [0.1, 0.15) is 10.5 Å². The van der Waals surface area contributed by atoms with Crippen LogP contribution in [0.25, 0.3) is 0 Å². The van der Waals surface area contributed by atoms with Crippen LogP contribution in [0.15, 0.2) is 18.3 Å². The Kier molecular flexibility index (Phi) is 3.42. The number of anilines is 1. The summed E-state index contributed by atoms with van der Waals surface area (Å²) in [5.74, 6) is -0.998. The Morgan fingerprint density at radius 2 is 2.22 bits per heavy atom. The van der Waals surface area contributed by atoms with Crippen LogP contribution in [0.4, 0.5) is 5.69 Å². The molecule has 1 atom stereocenters. The van der Waals surface area contributed by atoms with Crippen molar-refractivity contribution in [2.24, 2.45) is 11.5 Å². The number of hydrogen-bond donors (Lipinski definition) is 3. The van der Waals surface area contributed by atoms with E-state index < -0.39 is 17.9 Å². The number of hydrogen-bond acceptors (Lipinski definition) is 5. The summed E-state index contributed by atoms with van der Waals surface area (Å²) in [6.45, 7) is 1.87. The van der Waals surface area contributed by atoms with Gasteiger partial charge < -0.3 is 21.7 Å². The summed E-state index contributed by atoms with van der Waals surface area (Å²) in [7, 11) is 0. The molecule has 7 heteroatoms. The molecule has 2 amide bonds. The van der Waals surface area contributed by atoms with E-state index >= 15 is 0 Å². The Balaban J connectivity index is 2.30. The predicted octanol–water partition coefficient (Wildman–Crippen LogP) is -1.56. The van der Waals surface area contributed by atoms with Crippen molar-refractivity contribution >= 4 is 17.5 Å². The number of nitrogens with zero attached hydrogens (tertiary/aromatic N) is 2. The van der Waals surface area contributed by atoms with Crippen molar-refractivity contribution < 1.29 is 9.59 Å². The molecule has 1 aliphatic heterocycles. The number of primary amides is 2. The van der Waals surface area contributed by atoms with Crippen LogP contribution in [0.5, 0.6) is 0 Å². The van der Waals surface area contributed by atoms with Crippen molar-refractivity contribution in [2.45, 2.75) is 6.04 Å². The Labute approximate surface area is 104 Å². The second-order valence-electron chi connectivity index (χ2n) is 4.08. The zero-order valence-corrected chi connectivity index (χ0v) is 9.80. The van der Waals surface area contributed by atoms with Crippen molar-refractivity contribution in [3.8, 4) is 0 Å². The van der Waals surface area contributed by atoms with Gasteiger partial charge in [-0.25, -0.2) is 0 Å². The van der Waals surface area contributed by atoms with Crippen LogP contribution in [-0.2, 0) is 4.79 Å². The zero-order valence-electron chi connectivity index (χ0n) is 9.80. The van der Waals surface area contributed by atoms with E-state index in [1.165, 1.54) is 6.20 Å².